The maximum atomic E-state index is 6.20. The van der Waals surface area contributed by atoms with Crippen LogP contribution in [0.4, 0.5) is 0 Å². The minimum absolute atomic E-state index is 0.0545. The van der Waals surface area contributed by atoms with E-state index in [-0.39, 0.29) is 6.10 Å². The third kappa shape index (κ3) is 2.61. The zero-order chi connectivity index (χ0) is 14.2. The lowest BCUT2D eigenvalue weighted by Gasteiger charge is -2.33. The van der Waals surface area contributed by atoms with Crippen molar-refractivity contribution in [2.75, 3.05) is 13.1 Å². The summed E-state index contributed by atoms with van der Waals surface area (Å²) in [6, 6.07) is 2.03. The summed E-state index contributed by atoms with van der Waals surface area (Å²) in [5.41, 5.74) is 1.23. The average Bonchev–Trinajstić information content (AvgIpc) is 3.18. The molecule has 2 aromatic heterocycles. The first kappa shape index (κ1) is 13.0. The number of piperidine rings is 1. The smallest absolute Gasteiger partial charge is 0.179 e. The first-order valence-corrected chi connectivity index (χ1v) is 7.56. The quantitative estimate of drug-likeness (QED) is 0.936. The molecule has 2 fully saturated rings. The van der Waals surface area contributed by atoms with Crippen LogP contribution in [0.15, 0.2) is 23.0 Å². The van der Waals surface area contributed by atoms with Crippen LogP contribution in [0.25, 0.3) is 0 Å². The third-order valence-electron chi connectivity index (χ3n) is 4.52. The van der Waals surface area contributed by atoms with Gasteiger partial charge in [0, 0.05) is 18.7 Å². The summed E-state index contributed by atoms with van der Waals surface area (Å²) in [7, 11) is 0. The van der Waals surface area contributed by atoms with Crippen LogP contribution in [0.1, 0.15) is 36.2 Å². The molecule has 0 spiro atoms. The summed E-state index contributed by atoms with van der Waals surface area (Å²) in [5, 5.41) is 7.15. The number of furan rings is 1. The predicted octanol–water partition coefficient (Wildman–Crippen LogP) is 2.06. The molecule has 6 heteroatoms. The second-order valence-corrected chi connectivity index (χ2v) is 6.09. The zero-order valence-electron chi connectivity index (χ0n) is 12.2. The van der Waals surface area contributed by atoms with Crippen LogP contribution in [0.3, 0.4) is 0 Å². The summed E-state index contributed by atoms with van der Waals surface area (Å²) in [4.78, 5) is 6.85. The molecule has 6 nitrogen and oxygen atoms in total. The molecule has 0 unspecified atom stereocenters. The van der Waals surface area contributed by atoms with Gasteiger partial charge in [-0.25, -0.2) is 4.98 Å². The topological polar surface area (TPSA) is 67.2 Å². The number of hydrogen-bond donors (Lipinski definition) is 1. The van der Waals surface area contributed by atoms with E-state index in [2.05, 4.69) is 20.1 Å². The fraction of sp³-hybridized carbons (Fsp3) is 0.600. The molecule has 0 aliphatic carbocycles. The highest BCUT2D eigenvalue weighted by Crippen LogP contribution is 2.40. The van der Waals surface area contributed by atoms with Gasteiger partial charge in [0.05, 0.1) is 18.6 Å². The fourth-order valence-corrected chi connectivity index (χ4v) is 3.45. The van der Waals surface area contributed by atoms with Crippen molar-refractivity contribution in [3.05, 3.63) is 35.8 Å². The lowest BCUT2D eigenvalue weighted by Crippen LogP contribution is -2.41. The number of nitrogens with zero attached hydrogens (tertiary/aromatic N) is 3. The molecule has 0 radical (unpaired) electrons. The molecule has 21 heavy (non-hydrogen) atoms. The van der Waals surface area contributed by atoms with E-state index in [1.54, 1.807) is 6.26 Å². The largest absolute Gasteiger partial charge is 0.472 e. The molecule has 0 saturated carbocycles. The zero-order valence-corrected chi connectivity index (χ0v) is 12.2. The van der Waals surface area contributed by atoms with E-state index in [0.29, 0.717) is 12.0 Å². The van der Waals surface area contributed by atoms with Crippen molar-refractivity contribution in [1.82, 2.24) is 20.1 Å². The first-order chi connectivity index (χ1) is 10.3. The summed E-state index contributed by atoms with van der Waals surface area (Å²) < 4.78 is 11.3. The number of fused-ring (bicyclic) bond motifs is 1. The molecular formula is C15H20N4O2. The van der Waals surface area contributed by atoms with Crippen molar-refractivity contribution in [1.29, 1.82) is 0 Å². The van der Waals surface area contributed by atoms with Gasteiger partial charge < -0.3 is 9.15 Å². The van der Waals surface area contributed by atoms with Crippen LogP contribution in [-0.2, 0) is 11.3 Å². The number of aryl methyl sites for hydroxylation is 1. The van der Waals surface area contributed by atoms with Gasteiger partial charge >= 0.3 is 0 Å². The van der Waals surface area contributed by atoms with E-state index in [1.165, 1.54) is 12.0 Å². The van der Waals surface area contributed by atoms with Crippen LogP contribution in [0.5, 0.6) is 0 Å². The van der Waals surface area contributed by atoms with E-state index in [0.717, 1.165) is 37.7 Å². The van der Waals surface area contributed by atoms with Gasteiger partial charge in [0.15, 0.2) is 5.82 Å². The monoisotopic (exact) mass is 288 g/mol. The molecule has 112 valence electrons. The highest BCUT2D eigenvalue weighted by molar-refractivity contribution is 5.06. The van der Waals surface area contributed by atoms with Crippen molar-refractivity contribution in [3.8, 4) is 0 Å². The molecule has 0 aromatic carbocycles. The number of hydrogen-bond acceptors (Lipinski definition) is 5. The average molecular weight is 288 g/mol. The second-order valence-electron chi connectivity index (χ2n) is 6.09. The van der Waals surface area contributed by atoms with Crippen molar-refractivity contribution in [3.63, 3.8) is 0 Å². The van der Waals surface area contributed by atoms with Crippen molar-refractivity contribution < 1.29 is 9.15 Å². The standard InChI is InChI=1S/C15H20N4O2/c1-10-16-15(18-17-10)13-6-12-2-4-19(8-14(12)21-13)7-11-3-5-20-9-11/h3,5,9,12-14H,2,4,6-8H2,1H3,(H,16,17,18)/t12-,13+,14+/m0/s1. The molecule has 0 bridgehead atoms. The van der Waals surface area contributed by atoms with Crippen LogP contribution in [0.2, 0.25) is 0 Å². The number of aromatic nitrogens is 3. The SMILES string of the molecule is Cc1nc([C@H]2C[C@@H]3CCN(Cc4ccoc4)C[C@H]3O2)n[nH]1. The van der Waals surface area contributed by atoms with Crippen molar-refractivity contribution in [2.45, 2.75) is 38.5 Å². The normalized spacial score (nSPS) is 29.7. The number of nitrogens with one attached hydrogen (secondary N) is 1. The summed E-state index contributed by atoms with van der Waals surface area (Å²) in [5.74, 6) is 2.29. The molecule has 4 heterocycles. The summed E-state index contributed by atoms with van der Waals surface area (Å²) >= 11 is 0. The minimum atomic E-state index is 0.0545. The fourth-order valence-electron chi connectivity index (χ4n) is 3.45. The predicted molar refractivity (Wildman–Crippen MR) is 75.4 cm³/mol. The Labute approximate surface area is 123 Å². The molecular weight excluding hydrogens is 268 g/mol. The van der Waals surface area contributed by atoms with Gasteiger partial charge in [0.25, 0.3) is 0 Å². The van der Waals surface area contributed by atoms with Crippen LogP contribution >= 0.6 is 0 Å². The van der Waals surface area contributed by atoms with E-state index in [4.69, 9.17) is 9.15 Å². The molecule has 4 rings (SSSR count). The molecule has 3 atom stereocenters. The molecule has 2 aliphatic rings. The summed E-state index contributed by atoms with van der Waals surface area (Å²) in [6.45, 7) is 4.96. The number of likely N-dealkylation sites (tertiary alicyclic amines) is 1. The van der Waals surface area contributed by atoms with E-state index < -0.39 is 0 Å². The molecule has 2 aliphatic heterocycles. The van der Waals surface area contributed by atoms with Crippen LogP contribution in [0, 0.1) is 12.8 Å². The van der Waals surface area contributed by atoms with Gasteiger partial charge in [-0.05, 0) is 38.3 Å². The molecule has 0 amide bonds. The molecule has 2 saturated heterocycles. The van der Waals surface area contributed by atoms with Crippen LogP contribution in [-0.4, -0.2) is 39.3 Å². The third-order valence-corrected chi connectivity index (χ3v) is 4.52. The van der Waals surface area contributed by atoms with E-state index in [9.17, 15) is 0 Å². The highest BCUT2D eigenvalue weighted by atomic mass is 16.5. The lowest BCUT2D eigenvalue weighted by atomic mass is 9.91. The molecule has 2 aromatic rings. The van der Waals surface area contributed by atoms with E-state index >= 15 is 0 Å². The Balaban J connectivity index is 1.40. The van der Waals surface area contributed by atoms with Crippen LogP contribution < -0.4 is 0 Å². The highest BCUT2D eigenvalue weighted by Gasteiger charge is 2.40. The Bertz CT molecular complexity index is 595. The van der Waals surface area contributed by atoms with Gasteiger partial charge in [-0.1, -0.05) is 0 Å². The van der Waals surface area contributed by atoms with Gasteiger partial charge in [0.2, 0.25) is 0 Å². The Morgan fingerprint density at radius 2 is 2.43 bits per heavy atom. The number of aromatic amines is 1. The Kier molecular flexibility index (Phi) is 3.27. The maximum absolute atomic E-state index is 6.20. The number of rotatable bonds is 3. The van der Waals surface area contributed by atoms with Crippen molar-refractivity contribution >= 4 is 0 Å². The lowest BCUT2D eigenvalue weighted by molar-refractivity contribution is -0.0119. The Morgan fingerprint density at radius 1 is 1.48 bits per heavy atom. The van der Waals surface area contributed by atoms with Crippen molar-refractivity contribution in [2.24, 2.45) is 5.92 Å². The molecule has 1 N–H and O–H groups in total. The summed E-state index contributed by atoms with van der Waals surface area (Å²) in [6.07, 6.45) is 6.13. The number of H-pyrrole nitrogens is 1. The van der Waals surface area contributed by atoms with E-state index in [1.807, 2.05) is 19.3 Å². The Hall–Kier alpha value is -1.66. The Morgan fingerprint density at radius 3 is 3.19 bits per heavy atom. The van der Waals surface area contributed by atoms with Gasteiger partial charge in [-0.2, -0.15) is 5.10 Å². The maximum Gasteiger partial charge on any atom is 0.179 e. The first-order valence-electron chi connectivity index (χ1n) is 7.56. The minimum Gasteiger partial charge on any atom is -0.472 e. The number of ether oxygens (including phenoxy) is 1. The van der Waals surface area contributed by atoms with Gasteiger partial charge in [0.1, 0.15) is 11.9 Å². The van der Waals surface area contributed by atoms with Gasteiger partial charge in [-0.3, -0.25) is 10.00 Å². The second kappa shape index (κ2) is 5.27. The van der Waals surface area contributed by atoms with Gasteiger partial charge in [-0.15, -0.1) is 0 Å².